The molecule has 6 heteroatoms. The summed E-state index contributed by atoms with van der Waals surface area (Å²) in [6.07, 6.45) is -1.73. The molecule has 1 heterocycles. The Balaban J connectivity index is 2.73. The second kappa shape index (κ2) is 3.08. The molecule has 0 saturated heterocycles. The van der Waals surface area contributed by atoms with Gasteiger partial charge in [-0.25, -0.2) is 0 Å². The summed E-state index contributed by atoms with van der Waals surface area (Å²) in [5.74, 6) is 0. The van der Waals surface area contributed by atoms with Crippen LogP contribution >= 0.6 is 0 Å². The van der Waals surface area contributed by atoms with E-state index in [1.54, 1.807) is 0 Å². The summed E-state index contributed by atoms with van der Waals surface area (Å²) in [6, 6.07) is 2.07. The van der Waals surface area contributed by atoms with Crippen molar-refractivity contribution in [1.82, 2.24) is 9.97 Å². The molecular formula is C9H6F3N3. The summed E-state index contributed by atoms with van der Waals surface area (Å²) in [6.45, 7) is 0. The highest BCUT2D eigenvalue weighted by molar-refractivity contribution is 5.79. The molecule has 1 aromatic heterocycles. The minimum Gasteiger partial charge on any atom is -0.398 e. The zero-order valence-corrected chi connectivity index (χ0v) is 7.42. The van der Waals surface area contributed by atoms with Crippen molar-refractivity contribution in [3.05, 3.63) is 30.1 Å². The third kappa shape index (κ3) is 1.70. The molecule has 0 bridgehead atoms. The fourth-order valence-corrected chi connectivity index (χ4v) is 1.27. The summed E-state index contributed by atoms with van der Waals surface area (Å²) < 4.78 is 37.3. The first kappa shape index (κ1) is 9.70. The van der Waals surface area contributed by atoms with Crippen LogP contribution in [-0.4, -0.2) is 9.97 Å². The number of nitrogen functional groups attached to an aromatic ring is 1. The maximum Gasteiger partial charge on any atom is 0.418 e. The lowest BCUT2D eigenvalue weighted by molar-refractivity contribution is -0.136. The van der Waals surface area contributed by atoms with Crippen LogP contribution in [-0.2, 0) is 6.18 Å². The first-order valence-corrected chi connectivity index (χ1v) is 4.06. The van der Waals surface area contributed by atoms with Crippen molar-refractivity contribution in [3.8, 4) is 0 Å². The van der Waals surface area contributed by atoms with Gasteiger partial charge in [0, 0.05) is 18.1 Å². The molecule has 1 aromatic carbocycles. The lowest BCUT2D eigenvalue weighted by atomic mass is 10.1. The standard InChI is InChI=1S/C9H6F3N3/c10-9(11,12)5-3-7-8(4-6(5)13)15-2-1-14-7/h1-4H,13H2. The smallest absolute Gasteiger partial charge is 0.398 e. The molecule has 0 aliphatic heterocycles. The molecule has 15 heavy (non-hydrogen) atoms. The second-order valence-corrected chi connectivity index (χ2v) is 2.98. The van der Waals surface area contributed by atoms with Gasteiger partial charge in [-0.3, -0.25) is 9.97 Å². The van der Waals surface area contributed by atoms with E-state index in [0.717, 1.165) is 6.07 Å². The van der Waals surface area contributed by atoms with Gasteiger partial charge in [0.05, 0.1) is 16.6 Å². The predicted molar refractivity (Wildman–Crippen MR) is 49.0 cm³/mol. The van der Waals surface area contributed by atoms with E-state index in [0.29, 0.717) is 5.52 Å². The van der Waals surface area contributed by atoms with Crippen LogP contribution < -0.4 is 5.73 Å². The normalized spacial score (nSPS) is 11.9. The van der Waals surface area contributed by atoms with Gasteiger partial charge in [-0.2, -0.15) is 13.2 Å². The molecule has 0 radical (unpaired) electrons. The highest BCUT2D eigenvalue weighted by atomic mass is 19.4. The van der Waals surface area contributed by atoms with Crippen molar-refractivity contribution in [1.29, 1.82) is 0 Å². The van der Waals surface area contributed by atoms with Gasteiger partial charge in [0.15, 0.2) is 0 Å². The fourth-order valence-electron chi connectivity index (χ4n) is 1.27. The molecule has 3 nitrogen and oxygen atoms in total. The molecule has 0 aliphatic rings. The van der Waals surface area contributed by atoms with Gasteiger partial charge in [0.2, 0.25) is 0 Å². The van der Waals surface area contributed by atoms with Crippen LogP contribution in [0.4, 0.5) is 18.9 Å². The Morgan fingerprint density at radius 2 is 1.53 bits per heavy atom. The van der Waals surface area contributed by atoms with Gasteiger partial charge in [0.1, 0.15) is 0 Å². The first-order valence-electron chi connectivity index (χ1n) is 4.06. The summed E-state index contributed by atoms with van der Waals surface area (Å²) in [5.41, 5.74) is 4.60. The molecule has 0 amide bonds. The molecule has 2 aromatic rings. The SMILES string of the molecule is Nc1cc2nccnc2cc1C(F)(F)F. The van der Waals surface area contributed by atoms with Gasteiger partial charge in [-0.15, -0.1) is 0 Å². The largest absolute Gasteiger partial charge is 0.418 e. The fraction of sp³-hybridized carbons (Fsp3) is 0.111. The third-order valence-corrected chi connectivity index (χ3v) is 1.95. The Morgan fingerprint density at radius 3 is 2.07 bits per heavy atom. The summed E-state index contributed by atoms with van der Waals surface area (Å²) in [7, 11) is 0. The molecule has 0 unspecified atom stereocenters. The zero-order valence-electron chi connectivity index (χ0n) is 7.42. The molecule has 0 aliphatic carbocycles. The van der Waals surface area contributed by atoms with Crippen molar-refractivity contribution in [2.24, 2.45) is 0 Å². The zero-order chi connectivity index (χ0) is 11.1. The van der Waals surface area contributed by atoms with Crippen LogP contribution in [0.5, 0.6) is 0 Å². The van der Waals surface area contributed by atoms with Crippen LogP contribution in [0.1, 0.15) is 5.56 Å². The Bertz CT molecular complexity index is 507. The number of nitrogens with zero attached hydrogens (tertiary/aromatic N) is 2. The van der Waals surface area contributed by atoms with E-state index in [1.165, 1.54) is 18.5 Å². The van der Waals surface area contributed by atoms with Gasteiger partial charge < -0.3 is 5.73 Å². The number of alkyl halides is 3. The summed E-state index contributed by atoms with van der Waals surface area (Å²) in [4.78, 5) is 7.63. The molecule has 0 saturated carbocycles. The lowest BCUT2D eigenvalue weighted by Gasteiger charge is -2.10. The number of nitrogens with two attached hydrogens (primary N) is 1. The highest BCUT2D eigenvalue weighted by Crippen LogP contribution is 2.34. The predicted octanol–water partition coefficient (Wildman–Crippen LogP) is 2.23. The Morgan fingerprint density at radius 1 is 1.00 bits per heavy atom. The molecule has 78 valence electrons. The van der Waals surface area contributed by atoms with E-state index >= 15 is 0 Å². The topological polar surface area (TPSA) is 51.8 Å². The Kier molecular flexibility index (Phi) is 1.99. The number of anilines is 1. The van der Waals surface area contributed by atoms with Gasteiger partial charge in [-0.1, -0.05) is 0 Å². The number of fused-ring (bicyclic) bond motifs is 1. The number of aromatic nitrogens is 2. The third-order valence-electron chi connectivity index (χ3n) is 1.95. The molecular weight excluding hydrogens is 207 g/mol. The van der Waals surface area contributed by atoms with Crippen LogP contribution in [0.25, 0.3) is 11.0 Å². The van der Waals surface area contributed by atoms with Gasteiger partial charge in [0.25, 0.3) is 0 Å². The van der Waals surface area contributed by atoms with Crippen molar-refractivity contribution < 1.29 is 13.2 Å². The summed E-state index contributed by atoms with van der Waals surface area (Å²) >= 11 is 0. The second-order valence-electron chi connectivity index (χ2n) is 2.98. The maximum atomic E-state index is 12.4. The number of hydrogen-bond acceptors (Lipinski definition) is 3. The molecule has 0 atom stereocenters. The molecule has 2 N–H and O–H groups in total. The minimum atomic E-state index is -4.46. The van der Waals surface area contributed by atoms with Crippen molar-refractivity contribution >= 4 is 16.7 Å². The Hall–Kier alpha value is -1.85. The van der Waals surface area contributed by atoms with Crippen LogP contribution in [0, 0.1) is 0 Å². The van der Waals surface area contributed by atoms with Gasteiger partial charge >= 0.3 is 6.18 Å². The van der Waals surface area contributed by atoms with Crippen molar-refractivity contribution in [3.63, 3.8) is 0 Å². The maximum absolute atomic E-state index is 12.4. The average Bonchev–Trinajstić information content (AvgIpc) is 2.15. The Labute approximate surface area is 82.8 Å². The van der Waals surface area contributed by atoms with Crippen LogP contribution in [0.2, 0.25) is 0 Å². The number of hydrogen-bond donors (Lipinski definition) is 1. The van der Waals surface area contributed by atoms with Crippen molar-refractivity contribution in [2.75, 3.05) is 5.73 Å². The van der Waals surface area contributed by atoms with Crippen molar-refractivity contribution in [2.45, 2.75) is 6.18 Å². The van der Waals surface area contributed by atoms with E-state index in [9.17, 15) is 13.2 Å². The quantitative estimate of drug-likeness (QED) is 0.682. The molecule has 0 fully saturated rings. The molecule has 0 spiro atoms. The van der Waals surface area contributed by atoms with Crippen LogP contribution in [0.15, 0.2) is 24.5 Å². The number of rotatable bonds is 0. The van der Waals surface area contributed by atoms with E-state index in [2.05, 4.69) is 9.97 Å². The van der Waals surface area contributed by atoms with E-state index < -0.39 is 11.7 Å². The average molecular weight is 213 g/mol. The van der Waals surface area contributed by atoms with Gasteiger partial charge in [-0.05, 0) is 12.1 Å². The van der Waals surface area contributed by atoms with Crippen LogP contribution in [0.3, 0.4) is 0 Å². The summed E-state index contributed by atoms with van der Waals surface area (Å²) in [5, 5.41) is 0. The number of benzene rings is 1. The highest BCUT2D eigenvalue weighted by Gasteiger charge is 2.33. The minimum absolute atomic E-state index is 0.180. The van der Waals surface area contributed by atoms with E-state index in [-0.39, 0.29) is 11.2 Å². The molecule has 2 rings (SSSR count). The monoisotopic (exact) mass is 213 g/mol. The number of halogens is 3. The van der Waals surface area contributed by atoms with E-state index in [4.69, 9.17) is 5.73 Å². The van der Waals surface area contributed by atoms with E-state index in [1.807, 2.05) is 0 Å². The first-order chi connectivity index (χ1) is 6.98. The lowest BCUT2D eigenvalue weighted by Crippen LogP contribution is -2.09.